The highest BCUT2D eigenvalue weighted by Gasteiger charge is 2.01. The summed E-state index contributed by atoms with van der Waals surface area (Å²) in [4.78, 5) is 36.9. The maximum absolute atomic E-state index is 11.0. The molecule has 0 unspecified atom stereocenters. The highest BCUT2D eigenvalue weighted by molar-refractivity contribution is 5.69. The van der Waals surface area contributed by atoms with E-state index in [1.807, 2.05) is 0 Å². The molecule has 0 aromatic carbocycles. The van der Waals surface area contributed by atoms with Crippen LogP contribution < -0.4 is 0 Å². The predicted molar refractivity (Wildman–Crippen MR) is 50.8 cm³/mol. The largest absolute Gasteiger partial charge is 0.464 e. The number of hydrogen-bond acceptors (Lipinski definition) is 6. The average molecular weight is 212 g/mol. The molecule has 6 heteroatoms. The van der Waals surface area contributed by atoms with Crippen LogP contribution in [0, 0.1) is 0 Å². The van der Waals surface area contributed by atoms with E-state index in [4.69, 9.17) is 4.74 Å². The molecular formula is C9H12N2O4. The van der Waals surface area contributed by atoms with E-state index in [-0.39, 0.29) is 25.5 Å². The van der Waals surface area contributed by atoms with Crippen LogP contribution in [0.3, 0.4) is 0 Å². The Morgan fingerprint density at radius 3 is 2.40 bits per heavy atom. The van der Waals surface area contributed by atoms with Gasteiger partial charge in [0, 0.05) is 6.42 Å². The SMILES string of the molecule is O=C=NCCCCC(=O)OCCN=C=O. The van der Waals surface area contributed by atoms with Crippen molar-refractivity contribution in [2.75, 3.05) is 19.7 Å². The Morgan fingerprint density at radius 1 is 1.07 bits per heavy atom. The number of esters is 1. The molecule has 0 spiro atoms. The summed E-state index contributed by atoms with van der Waals surface area (Å²) in [6.45, 7) is 0.622. The van der Waals surface area contributed by atoms with Crippen molar-refractivity contribution in [1.29, 1.82) is 0 Å². The van der Waals surface area contributed by atoms with Crippen molar-refractivity contribution < 1.29 is 19.1 Å². The van der Waals surface area contributed by atoms with E-state index in [0.29, 0.717) is 19.4 Å². The van der Waals surface area contributed by atoms with E-state index in [1.54, 1.807) is 0 Å². The molecule has 6 nitrogen and oxygen atoms in total. The monoisotopic (exact) mass is 212 g/mol. The first kappa shape index (κ1) is 13.2. The van der Waals surface area contributed by atoms with Gasteiger partial charge in [-0.25, -0.2) is 19.6 Å². The summed E-state index contributed by atoms with van der Waals surface area (Å²) in [6.07, 6.45) is 4.30. The van der Waals surface area contributed by atoms with Gasteiger partial charge in [0.1, 0.15) is 6.61 Å². The summed E-state index contributed by atoms with van der Waals surface area (Å²) in [5, 5.41) is 0. The Balaban J connectivity index is 3.32. The highest BCUT2D eigenvalue weighted by atomic mass is 16.5. The van der Waals surface area contributed by atoms with Crippen LogP contribution in [0.15, 0.2) is 9.98 Å². The Kier molecular flexibility index (Phi) is 9.09. The molecule has 0 fully saturated rings. The molecule has 0 aliphatic rings. The van der Waals surface area contributed by atoms with E-state index in [0.717, 1.165) is 0 Å². The van der Waals surface area contributed by atoms with Gasteiger partial charge in [-0.15, -0.1) is 0 Å². The summed E-state index contributed by atoms with van der Waals surface area (Å²) in [6, 6.07) is 0. The molecule has 82 valence electrons. The third kappa shape index (κ3) is 10.1. The molecule has 0 N–H and O–H groups in total. The Morgan fingerprint density at radius 2 is 1.73 bits per heavy atom. The van der Waals surface area contributed by atoms with Crippen molar-refractivity contribution in [1.82, 2.24) is 0 Å². The Hall–Kier alpha value is -1.77. The molecular weight excluding hydrogens is 200 g/mol. The van der Waals surface area contributed by atoms with Gasteiger partial charge in [0.15, 0.2) is 0 Å². The summed E-state index contributed by atoms with van der Waals surface area (Å²) >= 11 is 0. The van der Waals surface area contributed by atoms with Crippen LogP contribution in [-0.4, -0.2) is 37.8 Å². The number of ether oxygens (including phenoxy) is 1. The fourth-order valence-corrected chi connectivity index (χ4v) is 0.829. The topological polar surface area (TPSA) is 85.2 Å². The van der Waals surface area contributed by atoms with Gasteiger partial charge in [0.05, 0.1) is 13.1 Å². The highest BCUT2D eigenvalue weighted by Crippen LogP contribution is 1.97. The van der Waals surface area contributed by atoms with Gasteiger partial charge in [-0.3, -0.25) is 4.79 Å². The Labute approximate surface area is 87.0 Å². The standard InChI is InChI=1S/C9H12N2O4/c12-7-10-4-2-1-3-9(14)15-6-5-11-8-13/h1-6H2. The van der Waals surface area contributed by atoms with E-state index < -0.39 is 0 Å². The zero-order valence-electron chi connectivity index (χ0n) is 8.27. The second-order valence-electron chi connectivity index (χ2n) is 2.62. The third-order valence-electron chi connectivity index (χ3n) is 1.50. The van der Waals surface area contributed by atoms with E-state index >= 15 is 0 Å². The molecule has 15 heavy (non-hydrogen) atoms. The second-order valence-corrected chi connectivity index (χ2v) is 2.62. The van der Waals surface area contributed by atoms with E-state index in [2.05, 4.69) is 9.98 Å². The van der Waals surface area contributed by atoms with E-state index in [1.165, 1.54) is 12.2 Å². The van der Waals surface area contributed by atoms with Gasteiger partial charge in [-0.05, 0) is 12.8 Å². The maximum Gasteiger partial charge on any atom is 0.305 e. The number of aliphatic imine (C=N–C) groups is 2. The Bertz CT molecular complexity index is 278. The van der Waals surface area contributed by atoms with Crippen molar-refractivity contribution in [3.8, 4) is 0 Å². The van der Waals surface area contributed by atoms with Gasteiger partial charge in [0.25, 0.3) is 0 Å². The number of nitrogens with zero attached hydrogens (tertiary/aromatic N) is 2. The maximum atomic E-state index is 11.0. The van der Waals surface area contributed by atoms with Crippen molar-refractivity contribution >= 4 is 18.1 Å². The summed E-state index contributed by atoms with van der Waals surface area (Å²) < 4.78 is 4.73. The lowest BCUT2D eigenvalue weighted by Gasteiger charge is -2.00. The summed E-state index contributed by atoms with van der Waals surface area (Å²) in [7, 11) is 0. The molecule has 0 rings (SSSR count). The zero-order valence-corrected chi connectivity index (χ0v) is 8.27. The molecule has 0 aliphatic heterocycles. The lowest BCUT2D eigenvalue weighted by molar-refractivity contribution is -0.143. The third-order valence-corrected chi connectivity index (χ3v) is 1.50. The van der Waals surface area contributed by atoms with Crippen LogP contribution >= 0.6 is 0 Å². The molecule has 0 amide bonds. The number of hydrogen-bond donors (Lipinski definition) is 0. The van der Waals surface area contributed by atoms with Crippen molar-refractivity contribution in [3.63, 3.8) is 0 Å². The quantitative estimate of drug-likeness (QED) is 0.252. The smallest absolute Gasteiger partial charge is 0.305 e. The number of carbonyl (C=O) groups excluding carboxylic acids is 3. The average Bonchev–Trinajstić information content (AvgIpc) is 2.24. The van der Waals surface area contributed by atoms with Gasteiger partial charge in [0.2, 0.25) is 12.2 Å². The first-order chi connectivity index (χ1) is 7.31. The molecule has 0 aromatic rings. The first-order valence-electron chi connectivity index (χ1n) is 4.54. The number of isocyanates is 2. The van der Waals surface area contributed by atoms with Crippen molar-refractivity contribution in [2.45, 2.75) is 19.3 Å². The molecule has 0 atom stereocenters. The fourth-order valence-electron chi connectivity index (χ4n) is 0.829. The number of rotatable bonds is 8. The van der Waals surface area contributed by atoms with Crippen LogP contribution in [0.5, 0.6) is 0 Å². The number of unbranched alkanes of at least 4 members (excludes halogenated alkanes) is 1. The van der Waals surface area contributed by atoms with Crippen LogP contribution in [0.25, 0.3) is 0 Å². The summed E-state index contributed by atoms with van der Waals surface area (Å²) in [5.41, 5.74) is 0. The molecule has 0 heterocycles. The van der Waals surface area contributed by atoms with E-state index in [9.17, 15) is 14.4 Å². The van der Waals surface area contributed by atoms with Crippen molar-refractivity contribution in [2.24, 2.45) is 9.98 Å². The minimum atomic E-state index is -0.341. The van der Waals surface area contributed by atoms with Crippen LogP contribution in [0.4, 0.5) is 0 Å². The lowest BCUT2D eigenvalue weighted by atomic mass is 10.2. The zero-order chi connectivity index (χ0) is 11.4. The summed E-state index contributed by atoms with van der Waals surface area (Å²) in [5.74, 6) is -0.341. The minimum absolute atomic E-state index is 0.0978. The molecule has 0 bridgehead atoms. The molecule has 0 radical (unpaired) electrons. The van der Waals surface area contributed by atoms with Gasteiger partial charge < -0.3 is 4.74 Å². The minimum Gasteiger partial charge on any atom is -0.464 e. The molecule has 0 aliphatic carbocycles. The second kappa shape index (κ2) is 10.3. The molecule has 0 aromatic heterocycles. The normalized spacial score (nSPS) is 8.53. The first-order valence-corrected chi connectivity index (χ1v) is 4.54. The van der Waals surface area contributed by atoms with Crippen molar-refractivity contribution in [3.05, 3.63) is 0 Å². The predicted octanol–water partition coefficient (Wildman–Crippen LogP) is 0.371. The fraction of sp³-hybridized carbons (Fsp3) is 0.667. The van der Waals surface area contributed by atoms with Crippen LogP contribution in [0.1, 0.15) is 19.3 Å². The van der Waals surface area contributed by atoms with Gasteiger partial charge >= 0.3 is 5.97 Å². The van der Waals surface area contributed by atoms with Gasteiger partial charge in [-0.1, -0.05) is 0 Å². The van der Waals surface area contributed by atoms with Gasteiger partial charge in [-0.2, -0.15) is 0 Å². The number of carbonyl (C=O) groups is 1. The lowest BCUT2D eigenvalue weighted by Crippen LogP contribution is -2.07. The molecule has 0 saturated carbocycles. The molecule has 0 saturated heterocycles. The van der Waals surface area contributed by atoms with Crippen LogP contribution in [-0.2, 0) is 19.1 Å². The van der Waals surface area contributed by atoms with Crippen LogP contribution in [0.2, 0.25) is 0 Å².